The first-order valence-electron chi connectivity index (χ1n) is 8.50. The Morgan fingerprint density at radius 2 is 1.72 bits per heavy atom. The summed E-state index contributed by atoms with van der Waals surface area (Å²) >= 11 is 11.0. The Hall–Kier alpha value is -2.43. The monoisotopic (exact) mass is 450 g/mol. The Morgan fingerprint density at radius 1 is 1.14 bits per heavy atom. The number of carboxylic acid groups (broad SMARTS) is 1. The third-order valence-electron chi connectivity index (χ3n) is 3.80. The number of nitro benzene ring substituents is 1. The third kappa shape index (κ3) is 9.07. The van der Waals surface area contributed by atoms with E-state index in [0.29, 0.717) is 12.8 Å². The van der Waals surface area contributed by atoms with Gasteiger partial charge in [0.1, 0.15) is 12.7 Å². The maximum atomic E-state index is 11.8. The van der Waals surface area contributed by atoms with Crippen molar-refractivity contribution in [2.24, 2.45) is 0 Å². The van der Waals surface area contributed by atoms with Crippen molar-refractivity contribution in [1.29, 1.82) is 0 Å². The molecule has 1 aromatic rings. The minimum Gasteiger partial charge on any atom is -0.481 e. The van der Waals surface area contributed by atoms with Gasteiger partial charge < -0.3 is 20.3 Å². The number of hydrogen-bond acceptors (Lipinski definition) is 7. The van der Waals surface area contributed by atoms with Gasteiger partial charge in [0.15, 0.2) is 4.84 Å². The lowest BCUT2D eigenvalue weighted by atomic mass is 10.0. The minimum absolute atomic E-state index is 0.0325. The normalized spacial score (nSPS) is 12.8. The van der Waals surface area contributed by atoms with Crippen molar-refractivity contribution in [2.75, 3.05) is 6.61 Å². The molecule has 2 atom stereocenters. The van der Waals surface area contributed by atoms with Crippen LogP contribution in [0.2, 0.25) is 0 Å². The lowest BCUT2D eigenvalue weighted by molar-refractivity contribution is -0.384. The molecule has 10 nitrogen and oxygen atoms in total. The SMILES string of the molecule is O=C(O)CCCCC(=O)OC[C@@H](NC(=O)C(Cl)Cl)[C@H](O)c1ccc([N+](=O)[O-])cc1. The molecule has 0 radical (unpaired) electrons. The molecule has 0 aliphatic carbocycles. The first-order chi connectivity index (χ1) is 13.6. The molecule has 12 heteroatoms. The molecule has 0 saturated carbocycles. The van der Waals surface area contributed by atoms with E-state index in [-0.39, 0.29) is 24.1 Å². The topological polar surface area (TPSA) is 156 Å². The Kier molecular flexibility index (Phi) is 10.4. The third-order valence-corrected chi connectivity index (χ3v) is 4.19. The van der Waals surface area contributed by atoms with Gasteiger partial charge in [0.05, 0.1) is 11.0 Å². The van der Waals surface area contributed by atoms with E-state index < -0.39 is 46.4 Å². The zero-order valence-electron chi connectivity index (χ0n) is 15.1. The maximum absolute atomic E-state index is 11.8. The number of hydrogen-bond donors (Lipinski definition) is 3. The number of aliphatic carboxylic acids is 1. The Bertz CT molecular complexity index is 727. The van der Waals surface area contributed by atoms with Gasteiger partial charge in [-0.15, -0.1) is 0 Å². The fraction of sp³-hybridized carbons (Fsp3) is 0.471. The number of nitro groups is 1. The van der Waals surface area contributed by atoms with E-state index in [2.05, 4.69) is 5.32 Å². The van der Waals surface area contributed by atoms with E-state index in [1.54, 1.807) is 0 Å². The van der Waals surface area contributed by atoms with Crippen LogP contribution in [-0.2, 0) is 19.1 Å². The van der Waals surface area contributed by atoms with E-state index in [1.807, 2.05) is 0 Å². The first-order valence-corrected chi connectivity index (χ1v) is 9.37. The van der Waals surface area contributed by atoms with Crippen LogP contribution in [0.4, 0.5) is 5.69 Å². The zero-order chi connectivity index (χ0) is 22.0. The lowest BCUT2D eigenvalue weighted by Gasteiger charge is -2.24. The number of non-ortho nitro benzene ring substituents is 1. The number of carbonyl (C=O) groups excluding carboxylic acids is 2. The number of benzene rings is 1. The molecule has 29 heavy (non-hydrogen) atoms. The number of aliphatic hydroxyl groups excluding tert-OH is 1. The van der Waals surface area contributed by atoms with Gasteiger partial charge in [-0.2, -0.15) is 0 Å². The van der Waals surface area contributed by atoms with Gasteiger partial charge in [0.25, 0.3) is 11.6 Å². The van der Waals surface area contributed by atoms with Gasteiger partial charge in [-0.05, 0) is 30.5 Å². The fourth-order valence-electron chi connectivity index (χ4n) is 2.28. The molecule has 160 valence electrons. The number of rotatable bonds is 12. The fourth-order valence-corrected chi connectivity index (χ4v) is 2.41. The maximum Gasteiger partial charge on any atom is 0.305 e. The van der Waals surface area contributed by atoms with Crippen molar-refractivity contribution in [3.63, 3.8) is 0 Å². The van der Waals surface area contributed by atoms with Crippen molar-refractivity contribution >= 4 is 46.7 Å². The van der Waals surface area contributed by atoms with Gasteiger partial charge in [0.2, 0.25) is 0 Å². The quantitative estimate of drug-likeness (QED) is 0.143. The molecule has 0 aliphatic rings. The second-order valence-electron chi connectivity index (χ2n) is 5.99. The number of nitrogens with one attached hydrogen (secondary N) is 1. The molecule has 0 spiro atoms. The molecule has 0 bridgehead atoms. The average molecular weight is 451 g/mol. The number of amides is 1. The molecule has 0 aliphatic heterocycles. The van der Waals surface area contributed by atoms with Crippen molar-refractivity contribution in [2.45, 2.75) is 42.7 Å². The van der Waals surface area contributed by atoms with E-state index in [9.17, 15) is 29.6 Å². The number of unbranched alkanes of at least 4 members (excludes halogenated alkanes) is 1. The first kappa shape index (κ1) is 24.6. The molecule has 1 amide bonds. The summed E-state index contributed by atoms with van der Waals surface area (Å²) in [5.74, 6) is -2.43. The van der Waals surface area contributed by atoms with Crippen LogP contribution in [0.1, 0.15) is 37.4 Å². The van der Waals surface area contributed by atoms with Crippen molar-refractivity contribution in [3.8, 4) is 0 Å². The Morgan fingerprint density at radius 3 is 2.24 bits per heavy atom. The van der Waals surface area contributed by atoms with Crippen molar-refractivity contribution < 1.29 is 34.3 Å². The standard InChI is InChI=1S/C17H20Cl2N2O8/c18-16(19)17(26)20-12(9-29-14(24)4-2-1-3-13(22)23)15(25)10-5-7-11(8-6-10)21(27)28/h5-8,12,15-16,25H,1-4,9H2,(H,20,26)(H,22,23)/t12-,15-/m1/s1. The summed E-state index contributed by atoms with van der Waals surface area (Å²) in [6.45, 7) is -0.415. The molecule has 0 fully saturated rings. The highest BCUT2D eigenvalue weighted by Crippen LogP contribution is 2.21. The summed E-state index contributed by atoms with van der Waals surface area (Å²) < 4.78 is 5.04. The van der Waals surface area contributed by atoms with Crippen LogP contribution in [-0.4, -0.2) is 50.5 Å². The zero-order valence-corrected chi connectivity index (χ0v) is 16.6. The van der Waals surface area contributed by atoms with Gasteiger partial charge in [-0.1, -0.05) is 23.2 Å². The number of ether oxygens (including phenoxy) is 1. The molecule has 0 unspecified atom stereocenters. The molecule has 1 rings (SSSR count). The number of carboxylic acids is 1. The van der Waals surface area contributed by atoms with Crippen LogP contribution in [0.5, 0.6) is 0 Å². The minimum atomic E-state index is -1.42. The number of esters is 1. The van der Waals surface area contributed by atoms with E-state index >= 15 is 0 Å². The second-order valence-corrected chi connectivity index (χ2v) is 7.09. The van der Waals surface area contributed by atoms with Crippen LogP contribution in [0.25, 0.3) is 0 Å². The number of aliphatic hydroxyl groups is 1. The summed E-state index contributed by atoms with van der Waals surface area (Å²) in [5.41, 5.74) is 0.0509. The number of halogens is 2. The molecular weight excluding hydrogens is 431 g/mol. The van der Waals surface area contributed by atoms with Gasteiger partial charge in [-0.3, -0.25) is 24.5 Å². The Labute approximate surface area is 175 Å². The van der Waals surface area contributed by atoms with Crippen LogP contribution >= 0.6 is 23.2 Å². The smallest absolute Gasteiger partial charge is 0.305 e. The largest absolute Gasteiger partial charge is 0.481 e. The lowest BCUT2D eigenvalue weighted by Crippen LogP contribution is -2.45. The van der Waals surface area contributed by atoms with Gasteiger partial charge >= 0.3 is 11.9 Å². The molecular formula is C17H20Cl2N2O8. The molecule has 3 N–H and O–H groups in total. The average Bonchev–Trinajstić information content (AvgIpc) is 2.67. The number of carbonyl (C=O) groups is 3. The summed E-state index contributed by atoms with van der Waals surface area (Å²) in [5, 5.41) is 32.1. The van der Waals surface area contributed by atoms with Crippen LogP contribution in [0, 0.1) is 10.1 Å². The molecule has 0 saturated heterocycles. The second kappa shape index (κ2) is 12.2. The van der Waals surface area contributed by atoms with E-state index in [0.717, 1.165) is 0 Å². The highest BCUT2D eigenvalue weighted by atomic mass is 35.5. The summed E-state index contributed by atoms with van der Waals surface area (Å²) in [6, 6.07) is 3.84. The summed E-state index contributed by atoms with van der Waals surface area (Å²) in [7, 11) is 0. The molecule has 0 aromatic heterocycles. The number of nitrogens with zero attached hydrogens (tertiary/aromatic N) is 1. The Balaban J connectivity index is 2.74. The highest BCUT2D eigenvalue weighted by Gasteiger charge is 2.27. The van der Waals surface area contributed by atoms with Gasteiger partial charge in [0, 0.05) is 25.0 Å². The van der Waals surface area contributed by atoms with Crippen LogP contribution in [0.3, 0.4) is 0 Å². The van der Waals surface area contributed by atoms with Crippen LogP contribution in [0.15, 0.2) is 24.3 Å². The van der Waals surface area contributed by atoms with Crippen LogP contribution < -0.4 is 5.32 Å². The van der Waals surface area contributed by atoms with E-state index in [4.69, 9.17) is 33.0 Å². The predicted octanol–water partition coefficient (Wildman–Crippen LogP) is 2.10. The van der Waals surface area contributed by atoms with Gasteiger partial charge in [-0.25, -0.2) is 0 Å². The highest BCUT2D eigenvalue weighted by molar-refractivity contribution is 6.53. The van der Waals surface area contributed by atoms with E-state index in [1.165, 1.54) is 24.3 Å². The summed E-state index contributed by atoms with van der Waals surface area (Å²) in [4.78, 5) is 42.7. The predicted molar refractivity (Wildman–Crippen MR) is 103 cm³/mol. The molecule has 0 heterocycles. The van der Waals surface area contributed by atoms with Crippen molar-refractivity contribution in [3.05, 3.63) is 39.9 Å². The van der Waals surface area contributed by atoms with Crippen molar-refractivity contribution in [1.82, 2.24) is 5.32 Å². The number of alkyl halides is 2. The summed E-state index contributed by atoms with van der Waals surface area (Å²) in [6.07, 6.45) is -0.867. The molecule has 1 aromatic carbocycles.